The predicted octanol–water partition coefficient (Wildman–Crippen LogP) is 4.12. The van der Waals surface area contributed by atoms with Crippen molar-refractivity contribution in [3.8, 4) is 5.75 Å². The van der Waals surface area contributed by atoms with E-state index in [1.54, 1.807) is 19.2 Å². The lowest BCUT2D eigenvalue weighted by atomic mass is 9.99. The molecule has 114 valence electrons. The molecule has 22 heavy (non-hydrogen) atoms. The van der Waals surface area contributed by atoms with Gasteiger partial charge in [-0.3, -0.25) is 4.90 Å². The summed E-state index contributed by atoms with van der Waals surface area (Å²) in [4.78, 5) is 2.31. The number of rotatable bonds is 4. The molecule has 3 rings (SSSR count). The highest BCUT2D eigenvalue weighted by atomic mass is 19.1. The van der Waals surface area contributed by atoms with E-state index >= 15 is 0 Å². The van der Waals surface area contributed by atoms with Crippen LogP contribution in [-0.2, 0) is 6.54 Å². The molecule has 1 aliphatic heterocycles. The Hall–Kier alpha value is -2.13. The molecule has 2 aromatic carbocycles. The zero-order valence-corrected chi connectivity index (χ0v) is 12.8. The first-order chi connectivity index (χ1) is 10.8. The fourth-order valence-corrected chi connectivity index (χ4v) is 2.88. The van der Waals surface area contributed by atoms with Crippen molar-refractivity contribution in [2.24, 2.45) is 0 Å². The number of benzene rings is 2. The van der Waals surface area contributed by atoms with E-state index < -0.39 is 0 Å². The first kappa shape index (κ1) is 14.8. The van der Waals surface area contributed by atoms with E-state index in [9.17, 15) is 4.39 Å². The van der Waals surface area contributed by atoms with Crippen molar-refractivity contribution < 1.29 is 9.13 Å². The number of halogens is 1. The van der Waals surface area contributed by atoms with Gasteiger partial charge in [-0.1, -0.05) is 36.4 Å². The Morgan fingerprint density at radius 1 is 1.14 bits per heavy atom. The van der Waals surface area contributed by atoms with Gasteiger partial charge in [0.25, 0.3) is 0 Å². The maximum atomic E-state index is 13.4. The van der Waals surface area contributed by atoms with Crippen LogP contribution >= 0.6 is 0 Å². The molecule has 0 N–H and O–H groups in total. The van der Waals surface area contributed by atoms with Gasteiger partial charge in [0.15, 0.2) is 0 Å². The fourth-order valence-electron chi connectivity index (χ4n) is 2.88. The molecule has 0 saturated carbocycles. The highest BCUT2D eigenvalue weighted by Crippen LogP contribution is 2.25. The number of hydrogen-bond donors (Lipinski definition) is 0. The van der Waals surface area contributed by atoms with Gasteiger partial charge in [-0.05, 0) is 35.8 Å². The molecule has 2 nitrogen and oxygen atoms in total. The predicted molar refractivity (Wildman–Crippen MR) is 87.3 cm³/mol. The molecule has 0 amide bonds. The van der Waals surface area contributed by atoms with Crippen LogP contribution in [0.25, 0.3) is 5.57 Å². The molecular formula is C19H20FNO. The van der Waals surface area contributed by atoms with Gasteiger partial charge in [0.2, 0.25) is 0 Å². The first-order valence-corrected chi connectivity index (χ1v) is 7.55. The fraction of sp³-hybridized carbons (Fsp3) is 0.263. The zero-order chi connectivity index (χ0) is 15.4. The van der Waals surface area contributed by atoms with Gasteiger partial charge < -0.3 is 4.74 Å². The third kappa shape index (κ3) is 3.37. The van der Waals surface area contributed by atoms with Gasteiger partial charge in [0.1, 0.15) is 11.6 Å². The van der Waals surface area contributed by atoms with Crippen LogP contribution in [0, 0.1) is 5.82 Å². The van der Waals surface area contributed by atoms with Crippen molar-refractivity contribution in [2.45, 2.75) is 13.0 Å². The Kier molecular flexibility index (Phi) is 4.54. The monoisotopic (exact) mass is 297 g/mol. The van der Waals surface area contributed by atoms with Crippen LogP contribution in [0.2, 0.25) is 0 Å². The molecule has 0 unspecified atom stereocenters. The van der Waals surface area contributed by atoms with Crippen LogP contribution in [0.1, 0.15) is 17.5 Å². The molecule has 0 radical (unpaired) electrons. The number of methoxy groups -OCH3 is 1. The van der Waals surface area contributed by atoms with Crippen LogP contribution < -0.4 is 4.74 Å². The first-order valence-electron chi connectivity index (χ1n) is 7.55. The van der Waals surface area contributed by atoms with Crippen molar-refractivity contribution in [1.82, 2.24) is 4.90 Å². The van der Waals surface area contributed by atoms with E-state index in [0.717, 1.165) is 30.8 Å². The van der Waals surface area contributed by atoms with Gasteiger partial charge in [-0.25, -0.2) is 4.39 Å². The average molecular weight is 297 g/mol. The minimum Gasteiger partial charge on any atom is -0.496 e. The standard InChI is InChI=1S/C19H20FNO/c1-22-19-8-7-18(20)13-17(19)14-21-11-9-16(10-12-21)15-5-3-2-4-6-15/h2-9,13H,10-12,14H2,1H3. The summed E-state index contributed by atoms with van der Waals surface area (Å²) >= 11 is 0. The summed E-state index contributed by atoms with van der Waals surface area (Å²) in [5, 5.41) is 0. The Labute approximate surface area is 130 Å². The Morgan fingerprint density at radius 3 is 2.64 bits per heavy atom. The van der Waals surface area contributed by atoms with Crippen LogP contribution in [0.15, 0.2) is 54.6 Å². The second-order valence-corrected chi connectivity index (χ2v) is 5.54. The molecule has 0 fully saturated rings. The molecule has 0 aliphatic carbocycles. The van der Waals surface area contributed by atoms with Crippen molar-refractivity contribution >= 4 is 5.57 Å². The molecule has 0 bridgehead atoms. The third-order valence-corrected chi connectivity index (χ3v) is 4.07. The summed E-state index contributed by atoms with van der Waals surface area (Å²) in [6.45, 7) is 2.56. The van der Waals surface area contributed by atoms with Gasteiger partial charge in [-0.15, -0.1) is 0 Å². The lowest BCUT2D eigenvalue weighted by molar-refractivity contribution is 0.287. The van der Waals surface area contributed by atoms with Crippen molar-refractivity contribution in [3.63, 3.8) is 0 Å². The highest BCUT2D eigenvalue weighted by molar-refractivity contribution is 5.66. The van der Waals surface area contributed by atoms with Gasteiger partial charge in [0, 0.05) is 25.2 Å². The lowest BCUT2D eigenvalue weighted by Gasteiger charge is -2.27. The van der Waals surface area contributed by atoms with Crippen LogP contribution in [0.3, 0.4) is 0 Å². The Bertz CT molecular complexity index is 666. The number of ether oxygens (including phenoxy) is 1. The minimum absolute atomic E-state index is 0.215. The maximum absolute atomic E-state index is 13.4. The van der Waals surface area contributed by atoms with E-state index in [-0.39, 0.29) is 5.82 Å². The average Bonchev–Trinajstić information content (AvgIpc) is 2.57. The number of hydrogen-bond acceptors (Lipinski definition) is 2. The lowest BCUT2D eigenvalue weighted by Crippen LogP contribution is -2.28. The molecule has 2 aromatic rings. The smallest absolute Gasteiger partial charge is 0.123 e. The van der Waals surface area contributed by atoms with E-state index in [4.69, 9.17) is 4.74 Å². The summed E-state index contributed by atoms with van der Waals surface area (Å²) in [6.07, 6.45) is 3.28. The summed E-state index contributed by atoms with van der Waals surface area (Å²) in [7, 11) is 1.63. The van der Waals surface area contributed by atoms with Crippen molar-refractivity contribution in [1.29, 1.82) is 0 Å². The Balaban J connectivity index is 1.69. The number of nitrogens with zero attached hydrogens (tertiary/aromatic N) is 1. The largest absolute Gasteiger partial charge is 0.496 e. The summed E-state index contributed by atoms with van der Waals surface area (Å²) in [6, 6.07) is 15.2. The van der Waals surface area contributed by atoms with Gasteiger partial charge in [0.05, 0.1) is 7.11 Å². The van der Waals surface area contributed by atoms with E-state index in [0.29, 0.717) is 6.54 Å². The topological polar surface area (TPSA) is 12.5 Å². The Morgan fingerprint density at radius 2 is 1.95 bits per heavy atom. The molecule has 1 heterocycles. The highest BCUT2D eigenvalue weighted by Gasteiger charge is 2.15. The third-order valence-electron chi connectivity index (χ3n) is 4.07. The van der Waals surface area contributed by atoms with E-state index in [1.165, 1.54) is 17.2 Å². The molecule has 0 aromatic heterocycles. The summed E-state index contributed by atoms with van der Waals surface area (Å²) in [5.41, 5.74) is 3.59. The van der Waals surface area contributed by atoms with Gasteiger partial charge in [-0.2, -0.15) is 0 Å². The molecule has 3 heteroatoms. The van der Waals surface area contributed by atoms with E-state index in [2.05, 4.69) is 35.2 Å². The van der Waals surface area contributed by atoms with Gasteiger partial charge >= 0.3 is 0 Å². The van der Waals surface area contributed by atoms with Crippen molar-refractivity contribution in [2.75, 3.05) is 20.2 Å². The second kappa shape index (κ2) is 6.75. The van der Waals surface area contributed by atoms with Crippen LogP contribution in [0.4, 0.5) is 4.39 Å². The normalized spacial score (nSPS) is 15.5. The summed E-state index contributed by atoms with van der Waals surface area (Å²) in [5.74, 6) is 0.535. The van der Waals surface area contributed by atoms with Crippen LogP contribution in [-0.4, -0.2) is 25.1 Å². The molecule has 0 spiro atoms. The zero-order valence-electron chi connectivity index (χ0n) is 12.8. The van der Waals surface area contributed by atoms with Crippen LogP contribution in [0.5, 0.6) is 5.75 Å². The SMILES string of the molecule is COc1ccc(F)cc1CN1CC=C(c2ccccc2)CC1. The van der Waals surface area contributed by atoms with E-state index in [1.807, 2.05) is 6.07 Å². The molecular weight excluding hydrogens is 277 g/mol. The minimum atomic E-state index is -0.215. The molecule has 0 saturated heterocycles. The quantitative estimate of drug-likeness (QED) is 0.841. The molecule has 1 aliphatic rings. The summed E-state index contributed by atoms with van der Waals surface area (Å²) < 4.78 is 18.8. The maximum Gasteiger partial charge on any atom is 0.123 e. The molecule has 0 atom stereocenters. The van der Waals surface area contributed by atoms with Crippen molar-refractivity contribution in [3.05, 3.63) is 71.6 Å². The second-order valence-electron chi connectivity index (χ2n) is 5.54.